The molecule has 1 N–H and O–H groups in total. The number of anilines is 1. The summed E-state index contributed by atoms with van der Waals surface area (Å²) >= 11 is 0. The van der Waals surface area contributed by atoms with Crippen molar-refractivity contribution in [1.29, 1.82) is 0 Å². The number of ether oxygens (including phenoxy) is 2. The highest BCUT2D eigenvalue weighted by atomic mass is 19.1. The molecule has 4 rings (SSSR count). The van der Waals surface area contributed by atoms with Gasteiger partial charge in [0.25, 0.3) is 0 Å². The van der Waals surface area contributed by atoms with Crippen LogP contribution >= 0.6 is 0 Å². The van der Waals surface area contributed by atoms with Crippen LogP contribution in [-0.4, -0.2) is 19.8 Å². The fourth-order valence-corrected chi connectivity index (χ4v) is 3.01. The number of halogens is 1. The van der Waals surface area contributed by atoms with Crippen LogP contribution in [0.5, 0.6) is 11.5 Å². The quantitative estimate of drug-likeness (QED) is 0.871. The molecule has 0 saturated heterocycles. The Kier molecular flexibility index (Phi) is 2.95. The molecule has 0 saturated carbocycles. The molecule has 0 fully saturated rings. The van der Waals surface area contributed by atoms with Crippen LogP contribution in [0.15, 0.2) is 36.4 Å². The molecule has 0 amide bonds. The third-order valence-corrected chi connectivity index (χ3v) is 4.11. The fraction of sp³-hybridized carbons (Fsp3) is 0.294. The topological polar surface area (TPSA) is 30.5 Å². The van der Waals surface area contributed by atoms with E-state index in [4.69, 9.17) is 9.47 Å². The smallest absolute Gasteiger partial charge is 0.163 e. The van der Waals surface area contributed by atoms with E-state index in [-0.39, 0.29) is 5.82 Å². The second kappa shape index (κ2) is 4.95. The minimum absolute atomic E-state index is 0.192. The van der Waals surface area contributed by atoms with Crippen molar-refractivity contribution in [2.24, 2.45) is 0 Å². The Morgan fingerprint density at radius 1 is 1.00 bits per heavy atom. The fourth-order valence-electron chi connectivity index (χ4n) is 3.01. The lowest BCUT2D eigenvalue weighted by atomic mass is 9.88. The van der Waals surface area contributed by atoms with Crippen molar-refractivity contribution in [3.05, 3.63) is 53.3 Å². The molecule has 0 spiro atoms. The summed E-state index contributed by atoms with van der Waals surface area (Å²) in [5.74, 6) is 1.79. The summed E-state index contributed by atoms with van der Waals surface area (Å²) in [7, 11) is 0. The third-order valence-electron chi connectivity index (χ3n) is 4.11. The predicted molar refractivity (Wildman–Crippen MR) is 78.8 cm³/mol. The molecule has 0 bridgehead atoms. The van der Waals surface area contributed by atoms with Gasteiger partial charge in [-0.25, -0.2) is 4.39 Å². The van der Waals surface area contributed by atoms with Crippen LogP contribution in [0.25, 0.3) is 0 Å². The summed E-state index contributed by atoms with van der Waals surface area (Å²) in [4.78, 5) is 0. The molecular formula is C17H16FNO2. The number of hydrogen-bond donors (Lipinski definition) is 1. The predicted octanol–water partition coefficient (Wildman–Crippen LogP) is 3.35. The van der Waals surface area contributed by atoms with E-state index in [0.717, 1.165) is 35.7 Å². The molecule has 2 heterocycles. The summed E-state index contributed by atoms with van der Waals surface area (Å²) < 4.78 is 24.3. The molecule has 1 unspecified atom stereocenters. The number of fused-ring (bicyclic) bond motifs is 2. The van der Waals surface area contributed by atoms with Crippen LogP contribution in [0.1, 0.15) is 17.0 Å². The zero-order chi connectivity index (χ0) is 14.2. The maximum absolute atomic E-state index is 13.0. The number of rotatable bonds is 1. The van der Waals surface area contributed by atoms with Gasteiger partial charge in [-0.1, -0.05) is 12.1 Å². The first-order chi connectivity index (χ1) is 10.3. The van der Waals surface area contributed by atoms with Crippen LogP contribution in [0.3, 0.4) is 0 Å². The van der Waals surface area contributed by atoms with Gasteiger partial charge in [0.05, 0.1) is 0 Å². The lowest BCUT2D eigenvalue weighted by molar-refractivity contribution is 0.171. The monoisotopic (exact) mass is 285 g/mol. The molecule has 3 nitrogen and oxygen atoms in total. The van der Waals surface area contributed by atoms with Gasteiger partial charge in [0.1, 0.15) is 19.0 Å². The van der Waals surface area contributed by atoms with Crippen LogP contribution in [-0.2, 0) is 6.42 Å². The van der Waals surface area contributed by atoms with E-state index in [1.165, 1.54) is 17.7 Å². The summed E-state index contributed by atoms with van der Waals surface area (Å²) in [5, 5.41) is 3.45. The first-order valence-electron chi connectivity index (χ1n) is 7.21. The average molecular weight is 285 g/mol. The minimum Gasteiger partial charge on any atom is -0.486 e. The highest BCUT2D eigenvalue weighted by Crippen LogP contribution is 2.39. The molecule has 2 aromatic rings. The van der Waals surface area contributed by atoms with Crippen LogP contribution in [0, 0.1) is 5.82 Å². The molecule has 1 atom stereocenters. The van der Waals surface area contributed by atoms with Gasteiger partial charge >= 0.3 is 0 Å². The molecule has 2 aliphatic heterocycles. The minimum atomic E-state index is -0.192. The van der Waals surface area contributed by atoms with Crippen LogP contribution in [0.2, 0.25) is 0 Å². The van der Waals surface area contributed by atoms with Crippen molar-refractivity contribution in [1.82, 2.24) is 0 Å². The van der Waals surface area contributed by atoms with Gasteiger partial charge < -0.3 is 14.8 Å². The Morgan fingerprint density at radius 2 is 1.71 bits per heavy atom. The van der Waals surface area contributed by atoms with Gasteiger partial charge in [0.15, 0.2) is 11.5 Å². The second-order valence-electron chi connectivity index (χ2n) is 5.49. The van der Waals surface area contributed by atoms with Crippen molar-refractivity contribution in [3.8, 4) is 11.5 Å². The van der Waals surface area contributed by atoms with E-state index < -0.39 is 0 Å². The number of benzene rings is 2. The van der Waals surface area contributed by atoms with Crippen molar-refractivity contribution in [3.63, 3.8) is 0 Å². The maximum Gasteiger partial charge on any atom is 0.163 e. The summed E-state index contributed by atoms with van der Waals surface area (Å²) in [6, 6.07) is 10.9. The lowest BCUT2D eigenvalue weighted by Crippen LogP contribution is -2.23. The summed E-state index contributed by atoms with van der Waals surface area (Å²) in [6.07, 6.45) is 0.921. The molecule has 0 aromatic heterocycles. The van der Waals surface area contributed by atoms with Gasteiger partial charge in [-0.05, 0) is 35.7 Å². The van der Waals surface area contributed by atoms with Crippen LogP contribution < -0.4 is 14.8 Å². The van der Waals surface area contributed by atoms with E-state index in [2.05, 4.69) is 11.4 Å². The Labute approximate surface area is 122 Å². The molecule has 108 valence electrons. The SMILES string of the molecule is Fc1ccc(C2CNc3cc4c(cc3C2)OCCO4)cc1. The zero-order valence-electron chi connectivity index (χ0n) is 11.6. The van der Waals surface area contributed by atoms with E-state index >= 15 is 0 Å². The second-order valence-corrected chi connectivity index (χ2v) is 5.49. The van der Waals surface area contributed by atoms with Gasteiger partial charge in [-0.2, -0.15) is 0 Å². The highest BCUT2D eigenvalue weighted by Gasteiger charge is 2.23. The van der Waals surface area contributed by atoms with E-state index in [1.807, 2.05) is 18.2 Å². The summed E-state index contributed by atoms with van der Waals surface area (Å²) in [6.45, 7) is 2.04. The largest absolute Gasteiger partial charge is 0.486 e. The molecule has 2 aliphatic rings. The van der Waals surface area contributed by atoms with Crippen molar-refractivity contribution in [2.75, 3.05) is 25.1 Å². The Hall–Kier alpha value is -2.23. The normalized spacial score (nSPS) is 19.6. The molecule has 2 aromatic carbocycles. The molecule has 0 aliphatic carbocycles. The number of hydrogen-bond acceptors (Lipinski definition) is 3. The van der Waals surface area contributed by atoms with Crippen molar-refractivity contribution in [2.45, 2.75) is 12.3 Å². The first-order valence-corrected chi connectivity index (χ1v) is 7.21. The van der Waals surface area contributed by atoms with Crippen LogP contribution in [0.4, 0.5) is 10.1 Å². The van der Waals surface area contributed by atoms with Crippen molar-refractivity contribution >= 4 is 5.69 Å². The number of nitrogens with one attached hydrogen (secondary N) is 1. The lowest BCUT2D eigenvalue weighted by Gasteiger charge is -2.29. The first kappa shape index (κ1) is 12.5. The van der Waals surface area contributed by atoms with Gasteiger partial charge in [-0.3, -0.25) is 0 Å². The molecule has 0 radical (unpaired) electrons. The Balaban J connectivity index is 1.63. The Bertz CT molecular complexity index is 669. The molecule has 21 heavy (non-hydrogen) atoms. The van der Waals surface area contributed by atoms with Gasteiger partial charge in [-0.15, -0.1) is 0 Å². The Morgan fingerprint density at radius 3 is 2.48 bits per heavy atom. The van der Waals surface area contributed by atoms with Crippen molar-refractivity contribution < 1.29 is 13.9 Å². The maximum atomic E-state index is 13.0. The van der Waals surface area contributed by atoms with E-state index in [0.29, 0.717) is 19.1 Å². The highest BCUT2D eigenvalue weighted by molar-refractivity contribution is 5.63. The van der Waals surface area contributed by atoms with E-state index in [1.54, 1.807) is 0 Å². The van der Waals surface area contributed by atoms with Gasteiger partial charge in [0, 0.05) is 24.2 Å². The summed E-state index contributed by atoms with van der Waals surface area (Å²) in [5.41, 5.74) is 3.49. The average Bonchev–Trinajstić information content (AvgIpc) is 2.53. The van der Waals surface area contributed by atoms with Gasteiger partial charge in [0.2, 0.25) is 0 Å². The molecule has 4 heteroatoms. The zero-order valence-corrected chi connectivity index (χ0v) is 11.6. The third kappa shape index (κ3) is 2.31. The molecular weight excluding hydrogens is 269 g/mol. The van der Waals surface area contributed by atoms with E-state index in [9.17, 15) is 4.39 Å². The standard InChI is InChI=1S/C17H16FNO2/c18-14-3-1-11(2-4-14)13-7-12-8-16-17(21-6-5-20-16)9-15(12)19-10-13/h1-4,8-9,13,19H,5-7,10H2.